The lowest BCUT2D eigenvalue weighted by Gasteiger charge is -2.34. The molecule has 174 valence electrons. The Hall–Kier alpha value is -3.84. The van der Waals surface area contributed by atoms with Crippen LogP contribution in [-0.2, 0) is 13.1 Å². The summed E-state index contributed by atoms with van der Waals surface area (Å²) in [5.74, 6) is 1.51. The second-order valence-corrected chi connectivity index (χ2v) is 8.43. The summed E-state index contributed by atoms with van der Waals surface area (Å²) in [5, 5.41) is 3.00. The lowest BCUT2D eigenvalue weighted by Crippen LogP contribution is -2.51. The van der Waals surface area contributed by atoms with E-state index in [2.05, 4.69) is 34.5 Å². The molecule has 1 aromatic heterocycles. The van der Waals surface area contributed by atoms with Gasteiger partial charge in [-0.2, -0.15) is 0 Å². The minimum Gasteiger partial charge on any atom is -0.497 e. The molecule has 1 fully saturated rings. The Balaban J connectivity index is 1.13. The summed E-state index contributed by atoms with van der Waals surface area (Å²) in [7, 11) is 1.64. The van der Waals surface area contributed by atoms with Gasteiger partial charge in [0.15, 0.2) is 5.58 Å². The number of hydrogen-bond acceptors (Lipinski definition) is 5. The molecule has 0 spiro atoms. The van der Waals surface area contributed by atoms with E-state index in [1.807, 2.05) is 53.4 Å². The molecule has 7 heteroatoms. The van der Waals surface area contributed by atoms with Crippen LogP contribution in [-0.4, -0.2) is 54.1 Å². The van der Waals surface area contributed by atoms with Gasteiger partial charge in [0, 0.05) is 32.7 Å². The van der Waals surface area contributed by atoms with Gasteiger partial charge in [-0.05, 0) is 41.0 Å². The Labute approximate surface area is 198 Å². The Bertz CT molecular complexity index is 1250. The van der Waals surface area contributed by atoms with Crippen LogP contribution in [0.1, 0.15) is 11.5 Å². The predicted molar refractivity (Wildman–Crippen MR) is 132 cm³/mol. The quantitative estimate of drug-likeness (QED) is 0.462. The van der Waals surface area contributed by atoms with Crippen LogP contribution in [0.4, 0.5) is 4.79 Å². The summed E-state index contributed by atoms with van der Waals surface area (Å²) in [4.78, 5) is 21.4. The molecule has 3 aromatic carbocycles. The molecule has 0 saturated carbocycles. The molecule has 0 unspecified atom stereocenters. The third-order valence-electron chi connectivity index (χ3n) is 6.16. The smallest absolute Gasteiger partial charge is 0.317 e. The molecule has 1 aliphatic heterocycles. The summed E-state index contributed by atoms with van der Waals surface area (Å²) in [6, 6.07) is 24.1. The number of amides is 2. The molecular formula is C27H28N4O3. The Morgan fingerprint density at radius 3 is 2.47 bits per heavy atom. The average Bonchev–Trinajstić information content (AvgIpc) is 3.30. The van der Waals surface area contributed by atoms with Crippen molar-refractivity contribution in [2.45, 2.75) is 13.1 Å². The molecule has 0 atom stereocenters. The molecule has 2 amide bonds. The highest BCUT2D eigenvalue weighted by atomic mass is 16.5. The summed E-state index contributed by atoms with van der Waals surface area (Å²) in [5.41, 5.74) is 5.00. The van der Waals surface area contributed by atoms with Crippen molar-refractivity contribution in [3.63, 3.8) is 0 Å². The maximum atomic E-state index is 12.6. The van der Waals surface area contributed by atoms with Crippen LogP contribution < -0.4 is 10.1 Å². The maximum absolute atomic E-state index is 12.6. The van der Waals surface area contributed by atoms with Crippen LogP contribution in [0.25, 0.3) is 22.2 Å². The van der Waals surface area contributed by atoms with E-state index in [1.54, 1.807) is 7.11 Å². The number of methoxy groups -OCH3 is 1. The van der Waals surface area contributed by atoms with Crippen molar-refractivity contribution in [1.29, 1.82) is 0 Å². The summed E-state index contributed by atoms with van der Waals surface area (Å²) < 4.78 is 11.2. The lowest BCUT2D eigenvalue weighted by molar-refractivity contribution is 0.129. The Morgan fingerprint density at radius 1 is 0.971 bits per heavy atom. The third-order valence-corrected chi connectivity index (χ3v) is 6.16. The molecule has 0 aliphatic carbocycles. The van der Waals surface area contributed by atoms with E-state index in [-0.39, 0.29) is 6.03 Å². The van der Waals surface area contributed by atoms with Gasteiger partial charge in [-0.3, -0.25) is 4.90 Å². The molecule has 0 bridgehead atoms. The van der Waals surface area contributed by atoms with E-state index in [4.69, 9.17) is 14.1 Å². The molecular weight excluding hydrogens is 428 g/mol. The first-order valence-corrected chi connectivity index (χ1v) is 11.5. The first-order chi connectivity index (χ1) is 16.7. The van der Waals surface area contributed by atoms with Crippen molar-refractivity contribution in [2.75, 3.05) is 33.3 Å². The van der Waals surface area contributed by atoms with Crippen molar-refractivity contribution in [2.24, 2.45) is 0 Å². The fraction of sp³-hybridized carbons (Fsp3) is 0.259. The number of piperazine rings is 1. The fourth-order valence-electron chi connectivity index (χ4n) is 4.19. The van der Waals surface area contributed by atoms with E-state index in [1.165, 1.54) is 0 Å². The summed E-state index contributed by atoms with van der Waals surface area (Å²) in [6.07, 6.45) is 0. The van der Waals surface area contributed by atoms with Gasteiger partial charge in [0.1, 0.15) is 11.3 Å². The number of carbonyl (C=O) groups excluding carboxylic acids is 1. The summed E-state index contributed by atoms with van der Waals surface area (Å²) in [6.45, 7) is 4.04. The van der Waals surface area contributed by atoms with Crippen molar-refractivity contribution in [1.82, 2.24) is 20.1 Å². The maximum Gasteiger partial charge on any atom is 0.317 e. The van der Waals surface area contributed by atoms with Crippen molar-refractivity contribution in [3.8, 4) is 16.9 Å². The number of rotatable bonds is 6. The SMILES string of the molecule is COc1ccc(CNC(=O)N2CCN(Cc3nc4cc(-c5ccccc5)ccc4o3)CC2)cc1. The van der Waals surface area contributed by atoms with Gasteiger partial charge in [0.05, 0.1) is 13.7 Å². The zero-order chi connectivity index (χ0) is 23.3. The molecule has 1 saturated heterocycles. The number of nitrogens with one attached hydrogen (secondary N) is 1. The van der Waals surface area contributed by atoms with Crippen LogP contribution in [0.5, 0.6) is 5.75 Å². The van der Waals surface area contributed by atoms with Crippen molar-refractivity contribution >= 4 is 17.1 Å². The minimum atomic E-state index is -0.0363. The molecule has 34 heavy (non-hydrogen) atoms. The third kappa shape index (κ3) is 5.05. The molecule has 5 rings (SSSR count). The molecule has 0 radical (unpaired) electrons. The van der Waals surface area contributed by atoms with Gasteiger partial charge in [0.2, 0.25) is 5.89 Å². The van der Waals surface area contributed by atoms with Crippen LogP contribution in [0.15, 0.2) is 77.2 Å². The number of ether oxygens (including phenoxy) is 1. The van der Waals surface area contributed by atoms with E-state index in [0.29, 0.717) is 32.1 Å². The van der Waals surface area contributed by atoms with E-state index in [9.17, 15) is 4.79 Å². The number of nitrogens with zero attached hydrogens (tertiary/aromatic N) is 3. The Kier molecular flexibility index (Phi) is 6.44. The molecule has 7 nitrogen and oxygen atoms in total. The minimum absolute atomic E-state index is 0.0363. The topological polar surface area (TPSA) is 70.8 Å². The van der Waals surface area contributed by atoms with Gasteiger partial charge >= 0.3 is 6.03 Å². The number of fused-ring (bicyclic) bond motifs is 1. The van der Waals surface area contributed by atoms with Gasteiger partial charge < -0.3 is 19.4 Å². The zero-order valence-electron chi connectivity index (χ0n) is 19.2. The van der Waals surface area contributed by atoms with E-state index >= 15 is 0 Å². The standard InChI is InChI=1S/C27H28N4O3/c1-33-23-10-7-20(8-11-23)18-28-27(32)31-15-13-30(14-16-31)19-26-29-24-17-22(9-12-25(24)34-26)21-5-3-2-4-6-21/h2-12,17H,13-16,18-19H2,1H3,(H,28,32). The summed E-state index contributed by atoms with van der Waals surface area (Å²) >= 11 is 0. The molecule has 1 aliphatic rings. The second-order valence-electron chi connectivity index (χ2n) is 8.43. The Morgan fingerprint density at radius 2 is 1.74 bits per heavy atom. The fourth-order valence-corrected chi connectivity index (χ4v) is 4.19. The van der Waals surface area contributed by atoms with Crippen molar-refractivity contribution in [3.05, 3.63) is 84.3 Å². The zero-order valence-corrected chi connectivity index (χ0v) is 19.2. The average molecular weight is 457 g/mol. The lowest BCUT2D eigenvalue weighted by atomic mass is 10.1. The predicted octanol–water partition coefficient (Wildman–Crippen LogP) is 4.53. The molecule has 4 aromatic rings. The van der Waals surface area contributed by atoms with Gasteiger partial charge in [0.25, 0.3) is 0 Å². The first kappa shape index (κ1) is 22.0. The molecule has 1 N–H and O–H groups in total. The molecule has 2 heterocycles. The van der Waals surface area contributed by atoms with Crippen LogP contribution in [0, 0.1) is 0 Å². The van der Waals surface area contributed by atoms with Gasteiger partial charge in [-0.15, -0.1) is 0 Å². The van der Waals surface area contributed by atoms with E-state index < -0.39 is 0 Å². The number of oxazole rings is 1. The normalized spacial score (nSPS) is 14.3. The largest absolute Gasteiger partial charge is 0.497 e. The van der Waals surface area contributed by atoms with Crippen LogP contribution in [0.2, 0.25) is 0 Å². The van der Waals surface area contributed by atoms with Crippen molar-refractivity contribution < 1.29 is 13.9 Å². The number of aromatic nitrogens is 1. The number of carbonyl (C=O) groups is 1. The second kappa shape index (κ2) is 9.97. The van der Waals surface area contributed by atoms with Gasteiger partial charge in [-0.1, -0.05) is 48.5 Å². The highest BCUT2D eigenvalue weighted by Gasteiger charge is 2.22. The number of urea groups is 1. The number of benzene rings is 3. The first-order valence-electron chi connectivity index (χ1n) is 11.5. The van der Waals surface area contributed by atoms with Crippen LogP contribution in [0.3, 0.4) is 0 Å². The monoisotopic (exact) mass is 456 g/mol. The highest BCUT2D eigenvalue weighted by molar-refractivity contribution is 5.80. The van der Waals surface area contributed by atoms with E-state index in [0.717, 1.165) is 46.6 Å². The van der Waals surface area contributed by atoms with Gasteiger partial charge in [-0.25, -0.2) is 9.78 Å². The number of hydrogen-bond donors (Lipinski definition) is 1. The van der Waals surface area contributed by atoms with Crippen LogP contribution >= 0.6 is 0 Å². The highest BCUT2D eigenvalue weighted by Crippen LogP contribution is 2.25.